The Morgan fingerprint density at radius 3 is 2.77 bits per heavy atom. The van der Waals surface area contributed by atoms with Gasteiger partial charge >= 0.3 is 0 Å². The van der Waals surface area contributed by atoms with Gasteiger partial charge in [0, 0.05) is 37.8 Å². The zero-order valence-electron chi connectivity index (χ0n) is 14.3. The maximum atomic E-state index is 12.2. The Hall–Kier alpha value is -2.55. The Bertz CT molecular complexity index is 1150. The molecule has 1 amide bonds. The van der Waals surface area contributed by atoms with Crippen LogP contribution in [-0.2, 0) is 4.79 Å². The number of benzene rings is 2. The number of halogens is 1. The van der Waals surface area contributed by atoms with Crippen molar-refractivity contribution in [1.82, 2.24) is 4.90 Å². The maximum Gasteiger partial charge on any atom is 0.231 e. The van der Waals surface area contributed by atoms with E-state index in [1.54, 1.807) is 18.4 Å². The summed E-state index contributed by atoms with van der Waals surface area (Å²) in [5.41, 5.74) is 7.69. The van der Waals surface area contributed by atoms with Crippen LogP contribution < -0.4 is 5.73 Å². The van der Waals surface area contributed by atoms with Crippen molar-refractivity contribution < 1.29 is 4.79 Å². The summed E-state index contributed by atoms with van der Waals surface area (Å²) in [6.45, 7) is 1.83. The van der Waals surface area contributed by atoms with E-state index < -0.39 is 0 Å². The van der Waals surface area contributed by atoms with E-state index in [0.717, 1.165) is 26.6 Å². The SMILES string of the molecule is CC#Cc1ccc2sc3cc(Cl)c(C4CC(=O)N(C)C(N)=N4)cc3c2c1. The minimum atomic E-state index is -0.357. The molecule has 0 bridgehead atoms. The number of fused-ring (bicyclic) bond motifs is 3. The van der Waals surface area contributed by atoms with Crippen LogP contribution >= 0.6 is 22.9 Å². The first-order valence-corrected chi connectivity index (χ1v) is 9.35. The quantitative estimate of drug-likeness (QED) is 0.639. The minimum Gasteiger partial charge on any atom is -0.369 e. The molecule has 4 nitrogen and oxygen atoms in total. The lowest BCUT2D eigenvalue weighted by molar-refractivity contribution is -0.127. The van der Waals surface area contributed by atoms with Crippen LogP contribution in [0, 0.1) is 11.8 Å². The van der Waals surface area contributed by atoms with Crippen molar-refractivity contribution in [1.29, 1.82) is 0 Å². The van der Waals surface area contributed by atoms with Crippen LogP contribution in [0.3, 0.4) is 0 Å². The van der Waals surface area contributed by atoms with Crippen molar-refractivity contribution >= 4 is 55.0 Å². The highest BCUT2D eigenvalue weighted by atomic mass is 35.5. The van der Waals surface area contributed by atoms with Crippen LogP contribution in [0.25, 0.3) is 20.2 Å². The standard InChI is InChI=1S/C20H16ClN3OS/c1-3-4-11-5-6-17-12(7-11)13-8-14(15(21)9-18(13)26-17)16-10-19(25)24(2)20(22)23-16/h5-9,16H,10H2,1-2H3,(H2,22,23). The van der Waals surface area contributed by atoms with E-state index in [1.165, 1.54) is 9.60 Å². The Morgan fingerprint density at radius 2 is 2.04 bits per heavy atom. The van der Waals surface area contributed by atoms with Crippen molar-refractivity contribution in [2.24, 2.45) is 10.7 Å². The average Bonchev–Trinajstić information content (AvgIpc) is 2.95. The molecule has 26 heavy (non-hydrogen) atoms. The molecule has 4 rings (SSSR count). The predicted octanol–water partition coefficient (Wildman–Crippen LogP) is 4.30. The molecule has 2 heterocycles. The summed E-state index contributed by atoms with van der Waals surface area (Å²) in [5, 5.41) is 2.85. The minimum absolute atomic E-state index is 0.0608. The predicted molar refractivity (Wildman–Crippen MR) is 109 cm³/mol. The fourth-order valence-electron chi connectivity index (χ4n) is 3.19. The topological polar surface area (TPSA) is 58.7 Å². The highest BCUT2D eigenvalue weighted by Crippen LogP contribution is 2.40. The first-order valence-electron chi connectivity index (χ1n) is 8.16. The van der Waals surface area contributed by atoms with Gasteiger partial charge < -0.3 is 5.73 Å². The molecular formula is C20H16ClN3OS. The molecule has 1 unspecified atom stereocenters. The van der Waals surface area contributed by atoms with E-state index in [2.05, 4.69) is 29.0 Å². The number of rotatable bonds is 1. The summed E-state index contributed by atoms with van der Waals surface area (Å²) in [5.74, 6) is 6.19. The molecule has 0 saturated heterocycles. The van der Waals surface area contributed by atoms with Crippen molar-refractivity contribution in [3.05, 3.63) is 46.5 Å². The molecule has 0 spiro atoms. The maximum absolute atomic E-state index is 12.2. The van der Waals surface area contributed by atoms with E-state index in [1.807, 2.05) is 25.1 Å². The lowest BCUT2D eigenvalue weighted by Gasteiger charge is -2.26. The third-order valence-electron chi connectivity index (χ3n) is 4.59. The number of nitrogens with zero attached hydrogens (tertiary/aromatic N) is 2. The first kappa shape index (κ1) is 16.9. The second-order valence-corrected chi connectivity index (χ2v) is 7.71. The highest BCUT2D eigenvalue weighted by Gasteiger charge is 2.27. The fraction of sp³-hybridized carbons (Fsp3) is 0.200. The summed E-state index contributed by atoms with van der Waals surface area (Å²) in [6.07, 6.45) is 0.261. The van der Waals surface area contributed by atoms with Gasteiger partial charge in [-0.05, 0) is 42.8 Å². The number of amides is 1. The van der Waals surface area contributed by atoms with Crippen LogP contribution in [-0.4, -0.2) is 23.8 Å². The number of hydrogen-bond acceptors (Lipinski definition) is 4. The van der Waals surface area contributed by atoms with Gasteiger partial charge in [0.15, 0.2) is 5.96 Å². The van der Waals surface area contributed by atoms with Crippen molar-refractivity contribution in [3.63, 3.8) is 0 Å². The number of thiophene rings is 1. The van der Waals surface area contributed by atoms with Gasteiger partial charge in [0.1, 0.15) is 0 Å². The monoisotopic (exact) mass is 381 g/mol. The second-order valence-electron chi connectivity index (χ2n) is 6.22. The third-order valence-corrected chi connectivity index (χ3v) is 6.05. The molecule has 0 radical (unpaired) electrons. The molecule has 2 aromatic carbocycles. The highest BCUT2D eigenvalue weighted by molar-refractivity contribution is 7.25. The fourth-order valence-corrected chi connectivity index (χ4v) is 4.66. The van der Waals surface area contributed by atoms with Crippen LogP contribution in [0.5, 0.6) is 0 Å². The van der Waals surface area contributed by atoms with Crippen LogP contribution in [0.4, 0.5) is 0 Å². The van der Waals surface area contributed by atoms with Crippen LogP contribution in [0.15, 0.2) is 35.3 Å². The average molecular weight is 382 g/mol. The Labute approximate surface area is 160 Å². The van der Waals surface area contributed by atoms with Gasteiger partial charge in [-0.15, -0.1) is 17.3 Å². The van der Waals surface area contributed by atoms with E-state index in [0.29, 0.717) is 5.02 Å². The van der Waals surface area contributed by atoms with Crippen molar-refractivity contribution in [2.75, 3.05) is 7.05 Å². The molecular weight excluding hydrogens is 366 g/mol. The van der Waals surface area contributed by atoms with Gasteiger partial charge in [-0.2, -0.15) is 0 Å². The molecule has 1 aromatic heterocycles. The number of guanidine groups is 1. The summed E-state index contributed by atoms with van der Waals surface area (Å²) in [4.78, 5) is 18.0. The molecule has 130 valence electrons. The van der Waals surface area contributed by atoms with E-state index in [-0.39, 0.29) is 24.3 Å². The third kappa shape index (κ3) is 2.72. The zero-order chi connectivity index (χ0) is 18.4. The normalized spacial score (nSPS) is 17.3. The molecule has 3 aromatic rings. The number of aliphatic imine (C=N–C) groups is 1. The molecule has 1 aliphatic rings. The van der Waals surface area contributed by atoms with E-state index >= 15 is 0 Å². The second kappa shape index (κ2) is 6.31. The van der Waals surface area contributed by atoms with Crippen molar-refractivity contribution in [2.45, 2.75) is 19.4 Å². The Balaban J connectivity index is 1.92. The van der Waals surface area contributed by atoms with Gasteiger partial charge in [-0.1, -0.05) is 17.5 Å². The van der Waals surface area contributed by atoms with Crippen LogP contribution in [0.2, 0.25) is 5.02 Å². The van der Waals surface area contributed by atoms with Gasteiger partial charge in [-0.25, -0.2) is 4.99 Å². The van der Waals surface area contributed by atoms with Gasteiger partial charge in [-0.3, -0.25) is 9.69 Å². The van der Waals surface area contributed by atoms with Crippen LogP contribution in [0.1, 0.15) is 30.5 Å². The molecule has 0 saturated carbocycles. The van der Waals surface area contributed by atoms with Gasteiger partial charge in [0.05, 0.1) is 12.5 Å². The molecule has 1 atom stereocenters. The number of carbonyl (C=O) groups excluding carboxylic acids is 1. The molecule has 1 aliphatic heterocycles. The molecule has 0 aliphatic carbocycles. The molecule has 0 fully saturated rings. The van der Waals surface area contributed by atoms with Crippen molar-refractivity contribution in [3.8, 4) is 11.8 Å². The van der Waals surface area contributed by atoms with E-state index in [9.17, 15) is 4.79 Å². The Kier molecular flexibility index (Phi) is 4.10. The largest absolute Gasteiger partial charge is 0.369 e. The van der Waals surface area contributed by atoms with E-state index in [4.69, 9.17) is 17.3 Å². The lowest BCUT2D eigenvalue weighted by atomic mass is 9.99. The zero-order valence-corrected chi connectivity index (χ0v) is 15.9. The first-order chi connectivity index (χ1) is 12.5. The summed E-state index contributed by atoms with van der Waals surface area (Å²) in [6, 6.07) is 9.85. The summed E-state index contributed by atoms with van der Waals surface area (Å²) in [7, 11) is 1.63. The lowest BCUT2D eigenvalue weighted by Crippen LogP contribution is -2.42. The van der Waals surface area contributed by atoms with Gasteiger partial charge in [0.2, 0.25) is 5.91 Å². The number of hydrogen-bond donors (Lipinski definition) is 1. The summed E-state index contributed by atoms with van der Waals surface area (Å²) < 4.78 is 2.28. The summed E-state index contributed by atoms with van der Waals surface area (Å²) >= 11 is 8.22. The number of nitrogens with two attached hydrogens (primary N) is 1. The molecule has 2 N–H and O–H groups in total. The Morgan fingerprint density at radius 1 is 1.27 bits per heavy atom. The number of carbonyl (C=O) groups is 1. The molecule has 6 heteroatoms. The van der Waals surface area contributed by atoms with Gasteiger partial charge in [0.25, 0.3) is 0 Å². The smallest absolute Gasteiger partial charge is 0.231 e.